The molecule has 2 aromatic rings. The average Bonchev–Trinajstić information content (AvgIpc) is 3.03. The fourth-order valence-electron chi connectivity index (χ4n) is 2.68. The number of nitrogens with zero attached hydrogens (tertiary/aromatic N) is 3. The molecule has 9 heteroatoms. The van der Waals surface area contributed by atoms with Crippen molar-refractivity contribution in [2.24, 2.45) is 5.18 Å². The van der Waals surface area contributed by atoms with Gasteiger partial charge in [0.15, 0.2) is 5.65 Å². The summed E-state index contributed by atoms with van der Waals surface area (Å²) in [4.78, 5) is 29.1. The van der Waals surface area contributed by atoms with Gasteiger partial charge in [-0.3, -0.25) is 9.78 Å². The molecule has 0 radical (unpaired) electrons. The lowest BCUT2D eigenvalue weighted by molar-refractivity contribution is -0.0205. The van der Waals surface area contributed by atoms with E-state index in [0.29, 0.717) is 29.4 Å². The Kier molecular flexibility index (Phi) is 3.43. The third-order valence-electron chi connectivity index (χ3n) is 3.61. The SMILES string of the molecule is Nc1nc2c(c(CN=O)cn2C2CCC(CO)O2)c(=O)[nH]1. The van der Waals surface area contributed by atoms with Gasteiger partial charge < -0.3 is 20.1 Å². The van der Waals surface area contributed by atoms with Crippen LogP contribution in [0.1, 0.15) is 24.6 Å². The molecule has 0 bridgehead atoms. The van der Waals surface area contributed by atoms with Crippen LogP contribution in [0.25, 0.3) is 11.0 Å². The van der Waals surface area contributed by atoms with Crippen molar-refractivity contribution < 1.29 is 9.84 Å². The van der Waals surface area contributed by atoms with Crippen LogP contribution in [0.4, 0.5) is 5.95 Å². The van der Waals surface area contributed by atoms with Crippen LogP contribution in [0.2, 0.25) is 0 Å². The number of H-pyrrole nitrogens is 1. The quantitative estimate of drug-likeness (QED) is 0.691. The van der Waals surface area contributed by atoms with Crippen molar-refractivity contribution in [1.82, 2.24) is 14.5 Å². The summed E-state index contributed by atoms with van der Waals surface area (Å²) >= 11 is 0. The number of aliphatic hydroxyl groups is 1. The Hall–Kier alpha value is -2.26. The second-order valence-electron chi connectivity index (χ2n) is 4.97. The number of ether oxygens (including phenoxy) is 1. The van der Waals surface area contributed by atoms with Gasteiger partial charge in [-0.25, -0.2) is 0 Å². The number of aromatic amines is 1. The molecule has 1 saturated heterocycles. The number of aromatic nitrogens is 3. The fraction of sp³-hybridized carbons (Fsp3) is 0.500. The maximum atomic E-state index is 12.0. The lowest BCUT2D eigenvalue weighted by atomic mass is 10.2. The zero-order chi connectivity index (χ0) is 15.0. The summed E-state index contributed by atoms with van der Waals surface area (Å²) < 4.78 is 7.36. The first kappa shape index (κ1) is 13.7. The minimum absolute atomic E-state index is 0.00540. The van der Waals surface area contributed by atoms with Crippen molar-refractivity contribution in [1.29, 1.82) is 0 Å². The molecular formula is C12H15N5O4. The Morgan fingerprint density at radius 1 is 1.57 bits per heavy atom. The van der Waals surface area contributed by atoms with E-state index in [-0.39, 0.29) is 31.4 Å². The van der Waals surface area contributed by atoms with Crippen molar-refractivity contribution in [3.05, 3.63) is 27.0 Å². The van der Waals surface area contributed by atoms with E-state index < -0.39 is 5.56 Å². The van der Waals surface area contributed by atoms with E-state index >= 15 is 0 Å². The van der Waals surface area contributed by atoms with Crippen molar-refractivity contribution in [2.75, 3.05) is 12.3 Å². The molecule has 21 heavy (non-hydrogen) atoms. The monoisotopic (exact) mass is 293 g/mol. The summed E-state index contributed by atoms with van der Waals surface area (Å²) in [5.74, 6) is -0.00540. The number of aliphatic hydroxyl groups excluding tert-OH is 1. The maximum Gasteiger partial charge on any atom is 0.262 e. The molecule has 0 aliphatic carbocycles. The number of nitroso groups, excluding NO2 is 1. The molecule has 0 amide bonds. The summed E-state index contributed by atoms with van der Waals surface area (Å²) in [7, 11) is 0. The smallest absolute Gasteiger partial charge is 0.262 e. The van der Waals surface area contributed by atoms with Crippen LogP contribution in [-0.2, 0) is 11.3 Å². The zero-order valence-corrected chi connectivity index (χ0v) is 11.2. The van der Waals surface area contributed by atoms with Gasteiger partial charge in [-0.15, -0.1) is 0 Å². The molecule has 0 aromatic carbocycles. The molecule has 4 N–H and O–H groups in total. The zero-order valence-electron chi connectivity index (χ0n) is 11.2. The normalized spacial score (nSPS) is 22.0. The van der Waals surface area contributed by atoms with Gasteiger partial charge in [-0.1, -0.05) is 5.18 Å². The molecule has 1 aliphatic heterocycles. The highest BCUT2D eigenvalue weighted by molar-refractivity contribution is 5.80. The van der Waals surface area contributed by atoms with E-state index in [1.807, 2.05) is 0 Å². The number of hydrogen-bond acceptors (Lipinski definition) is 7. The van der Waals surface area contributed by atoms with Crippen molar-refractivity contribution in [2.45, 2.75) is 31.7 Å². The van der Waals surface area contributed by atoms with Gasteiger partial charge in [0.1, 0.15) is 12.8 Å². The maximum absolute atomic E-state index is 12.0. The van der Waals surface area contributed by atoms with E-state index in [1.165, 1.54) is 0 Å². The molecule has 0 spiro atoms. The summed E-state index contributed by atoms with van der Waals surface area (Å²) in [6.07, 6.45) is 2.44. The summed E-state index contributed by atoms with van der Waals surface area (Å²) in [6.45, 7) is -0.192. The van der Waals surface area contributed by atoms with Crippen LogP contribution >= 0.6 is 0 Å². The largest absolute Gasteiger partial charge is 0.394 e. The predicted octanol–water partition coefficient (Wildman–Crippen LogP) is 0.243. The second kappa shape index (κ2) is 5.26. The summed E-state index contributed by atoms with van der Waals surface area (Å²) in [5.41, 5.74) is 6.01. The van der Waals surface area contributed by atoms with Crippen LogP contribution in [0.15, 0.2) is 16.2 Å². The van der Waals surface area contributed by atoms with Gasteiger partial charge in [0.2, 0.25) is 5.95 Å². The fourth-order valence-corrected chi connectivity index (χ4v) is 2.68. The lowest BCUT2D eigenvalue weighted by Crippen LogP contribution is -2.16. The lowest BCUT2D eigenvalue weighted by Gasteiger charge is -2.14. The van der Waals surface area contributed by atoms with Crippen molar-refractivity contribution in [3.8, 4) is 0 Å². The van der Waals surface area contributed by atoms with Gasteiger partial charge in [0.25, 0.3) is 5.56 Å². The highest BCUT2D eigenvalue weighted by Crippen LogP contribution is 2.31. The highest BCUT2D eigenvalue weighted by Gasteiger charge is 2.28. The molecular weight excluding hydrogens is 278 g/mol. The number of anilines is 1. The van der Waals surface area contributed by atoms with Gasteiger partial charge >= 0.3 is 0 Å². The van der Waals surface area contributed by atoms with E-state index in [0.717, 1.165) is 0 Å². The molecule has 112 valence electrons. The number of nitrogen functional groups attached to an aromatic ring is 1. The first-order chi connectivity index (χ1) is 10.1. The minimum Gasteiger partial charge on any atom is -0.394 e. The van der Waals surface area contributed by atoms with Crippen LogP contribution in [0, 0.1) is 4.91 Å². The van der Waals surface area contributed by atoms with Gasteiger partial charge in [-0.05, 0) is 12.8 Å². The molecule has 2 unspecified atom stereocenters. The Labute approximate surface area is 118 Å². The molecule has 0 saturated carbocycles. The van der Waals surface area contributed by atoms with E-state index in [1.54, 1.807) is 10.8 Å². The Morgan fingerprint density at radius 2 is 2.38 bits per heavy atom. The standard InChI is InChI=1S/C12H15N5O4/c13-12-15-10-9(11(19)16-12)6(3-14-20)4-17(10)8-2-1-7(5-18)21-8/h4,7-8,18H,1-3,5H2,(H3,13,15,16,19). The van der Waals surface area contributed by atoms with Gasteiger partial charge in [0.05, 0.1) is 18.1 Å². The van der Waals surface area contributed by atoms with E-state index in [4.69, 9.17) is 15.6 Å². The van der Waals surface area contributed by atoms with Crippen LogP contribution < -0.4 is 11.3 Å². The summed E-state index contributed by atoms with van der Waals surface area (Å²) in [5, 5.41) is 12.3. The van der Waals surface area contributed by atoms with E-state index in [9.17, 15) is 9.70 Å². The van der Waals surface area contributed by atoms with Crippen molar-refractivity contribution in [3.63, 3.8) is 0 Å². The number of hydrogen-bond donors (Lipinski definition) is 3. The first-order valence-electron chi connectivity index (χ1n) is 6.58. The minimum atomic E-state index is -0.411. The highest BCUT2D eigenvalue weighted by atomic mass is 16.5. The Bertz CT molecular complexity index is 737. The third kappa shape index (κ3) is 2.30. The third-order valence-corrected chi connectivity index (χ3v) is 3.61. The van der Waals surface area contributed by atoms with Crippen molar-refractivity contribution >= 4 is 17.0 Å². The van der Waals surface area contributed by atoms with Gasteiger partial charge in [0, 0.05) is 11.8 Å². The van der Waals surface area contributed by atoms with E-state index in [2.05, 4.69) is 15.1 Å². The first-order valence-corrected chi connectivity index (χ1v) is 6.58. The van der Waals surface area contributed by atoms with Gasteiger partial charge in [-0.2, -0.15) is 9.89 Å². The number of nitrogens with two attached hydrogens (primary N) is 1. The molecule has 1 fully saturated rings. The van der Waals surface area contributed by atoms with Crippen LogP contribution in [0.5, 0.6) is 0 Å². The molecule has 2 atom stereocenters. The topological polar surface area (TPSA) is 136 Å². The Morgan fingerprint density at radius 3 is 3.05 bits per heavy atom. The molecule has 2 aromatic heterocycles. The summed E-state index contributed by atoms with van der Waals surface area (Å²) in [6, 6.07) is 0. The average molecular weight is 293 g/mol. The number of fused-ring (bicyclic) bond motifs is 1. The molecule has 3 heterocycles. The number of nitrogens with one attached hydrogen (secondary N) is 1. The predicted molar refractivity (Wildman–Crippen MR) is 74.5 cm³/mol. The molecule has 1 aliphatic rings. The second-order valence-corrected chi connectivity index (χ2v) is 4.97. The molecule has 9 nitrogen and oxygen atoms in total. The molecule has 3 rings (SSSR count). The number of rotatable bonds is 4. The van der Waals surface area contributed by atoms with Crippen LogP contribution in [-0.4, -0.2) is 32.4 Å². The van der Waals surface area contributed by atoms with Crippen LogP contribution in [0.3, 0.4) is 0 Å². The Balaban J connectivity index is 2.14.